The van der Waals surface area contributed by atoms with Gasteiger partial charge in [0.1, 0.15) is 5.75 Å². The lowest BCUT2D eigenvalue weighted by molar-refractivity contribution is 0.372. The molecule has 1 aromatic carbocycles. The normalized spacial score (nSPS) is 25.6. The third kappa shape index (κ3) is 2.28. The van der Waals surface area contributed by atoms with Crippen LogP contribution in [0.3, 0.4) is 0 Å². The first kappa shape index (κ1) is 13.1. The average Bonchev–Trinajstić information content (AvgIpc) is 2.47. The number of benzene rings is 1. The fraction of sp³-hybridized carbons (Fsp3) is 0.412. The molecule has 1 heterocycles. The molecule has 20 heavy (non-hydrogen) atoms. The maximum atomic E-state index is 6.01. The fourth-order valence-corrected chi connectivity index (χ4v) is 3.33. The summed E-state index contributed by atoms with van der Waals surface area (Å²) < 4.78 is 5.53. The summed E-state index contributed by atoms with van der Waals surface area (Å²) in [7, 11) is 1.73. The third-order valence-electron chi connectivity index (χ3n) is 4.24. The highest BCUT2D eigenvalue weighted by atomic mass is 16.5. The van der Waals surface area contributed by atoms with E-state index in [0.717, 1.165) is 30.1 Å². The molecule has 2 atom stereocenters. The van der Waals surface area contributed by atoms with Gasteiger partial charge in [-0.2, -0.15) is 0 Å². The summed E-state index contributed by atoms with van der Waals surface area (Å²) in [5.74, 6) is 2.18. The summed E-state index contributed by atoms with van der Waals surface area (Å²) in [5, 5.41) is 0. The Bertz CT molecular complexity index is 562. The molecule has 1 aliphatic carbocycles. The largest absolute Gasteiger partial charge is 0.495 e. The van der Waals surface area contributed by atoms with E-state index >= 15 is 0 Å². The molecule has 0 spiro atoms. The van der Waals surface area contributed by atoms with Gasteiger partial charge in [-0.25, -0.2) is 0 Å². The lowest BCUT2D eigenvalue weighted by Gasteiger charge is -2.42. The minimum absolute atomic E-state index is 0.580. The lowest BCUT2D eigenvalue weighted by atomic mass is 9.82. The van der Waals surface area contributed by atoms with Gasteiger partial charge in [-0.15, -0.1) is 0 Å². The number of hydrogen-bond acceptors (Lipinski definition) is 3. The Hall–Kier alpha value is -1.90. The maximum absolute atomic E-state index is 6.01. The fourth-order valence-electron chi connectivity index (χ4n) is 3.33. The van der Waals surface area contributed by atoms with Crippen LogP contribution in [0.4, 0.5) is 5.69 Å². The summed E-state index contributed by atoms with van der Waals surface area (Å²) in [6, 6.07) is 8.22. The highest BCUT2D eigenvalue weighted by Gasteiger charge is 2.32. The van der Waals surface area contributed by atoms with Gasteiger partial charge < -0.3 is 15.4 Å². The quantitative estimate of drug-likeness (QED) is 0.896. The molecule has 1 saturated heterocycles. The number of methoxy groups -OCH3 is 1. The highest BCUT2D eigenvalue weighted by molar-refractivity contribution is 5.63. The van der Waals surface area contributed by atoms with Crippen LogP contribution in [0.2, 0.25) is 0 Å². The van der Waals surface area contributed by atoms with Crippen LogP contribution in [0, 0.1) is 11.8 Å². The molecular weight excluding hydrogens is 248 g/mol. The van der Waals surface area contributed by atoms with Gasteiger partial charge in [-0.05, 0) is 37.0 Å². The minimum Gasteiger partial charge on any atom is -0.495 e. The number of ether oxygens (including phenoxy) is 1. The topological polar surface area (TPSA) is 38.5 Å². The minimum atomic E-state index is 0.580. The van der Waals surface area contributed by atoms with Crippen molar-refractivity contribution in [2.24, 2.45) is 17.6 Å². The number of nitrogens with two attached hydrogens (primary N) is 1. The molecule has 0 radical (unpaired) electrons. The van der Waals surface area contributed by atoms with E-state index < -0.39 is 0 Å². The molecule has 1 aromatic rings. The lowest BCUT2D eigenvalue weighted by Crippen LogP contribution is -2.39. The van der Waals surface area contributed by atoms with Crippen molar-refractivity contribution in [2.45, 2.75) is 19.8 Å². The van der Waals surface area contributed by atoms with Crippen molar-refractivity contribution < 1.29 is 4.74 Å². The number of hydrogen-bond donors (Lipinski definition) is 1. The summed E-state index contributed by atoms with van der Waals surface area (Å²) in [6.07, 6.45) is 6.56. The predicted octanol–water partition coefficient (Wildman–Crippen LogP) is 3.29. The van der Waals surface area contributed by atoms with Crippen LogP contribution in [0.1, 0.15) is 19.8 Å². The van der Waals surface area contributed by atoms with E-state index in [0.29, 0.717) is 11.8 Å². The van der Waals surface area contributed by atoms with Crippen LogP contribution in [-0.4, -0.2) is 13.7 Å². The van der Waals surface area contributed by atoms with Gasteiger partial charge in [0.15, 0.2) is 0 Å². The molecule has 3 heteroatoms. The molecule has 2 unspecified atom stereocenters. The molecule has 0 saturated carbocycles. The van der Waals surface area contributed by atoms with Gasteiger partial charge in [0, 0.05) is 23.9 Å². The van der Waals surface area contributed by atoms with Gasteiger partial charge in [0.25, 0.3) is 0 Å². The molecule has 2 aliphatic rings. The number of allylic oxidation sites excluding steroid dienone is 3. The Kier molecular flexibility index (Phi) is 3.43. The molecule has 0 aromatic heterocycles. The van der Waals surface area contributed by atoms with Crippen molar-refractivity contribution >= 4 is 5.69 Å². The van der Waals surface area contributed by atoms with Crippen LogP contribution in [0.5, 0.6) is 5.75 Å². The molecule has 0 amide bonds. The third-order valence-corrected chi connectivity index (χ3v) is 4.24. The molecule has 1 fully saturated rings. The van der Waals surface area contributed by atoms with Crippen molar-refractivity contribution in [2.75, 3.05) is 18.6 Å². The van der Waals surface area contributed by atoms with Gasteiger partial charge in [-0.1, -0.05) is 25.1 Å². The van der Waals surface area contributed by atoms with Gasteiger partial charge in [0.05, 0.1) is 12.8 Å². The highest BCUT2D eigenvalue weighted by Crippen LogP contribution is 2.41. The van der Waals surface area contributed by atoms with Crippen molar-refractivity contribution in [3.05, 3.63) is 47.8 Å². The van der Waals surface area contributed by atoms with E-state index in [1.807, 2.05) is 12.1 Å². The zero-order valence-corrected chi connectivity index (χ0v) is 12.2. The Morgan fingerprint density at radius 2 is 2.10 bits per heavy atom. The summed E-state index contributed by atoms with van der Waals surface area (Å²) in [5.41, 5.74) is 9.38. The smallest absolute Gasteiger partial charge is 0.142 e. The number of nitrogens with zero attached hydrogens (tertiary/aromatic N) is 1. The van der Waals surface area contributed by atoms with E-state index in [1.54, 1.807) is 7.11 Å². The van der Waals surface area contributed by atoms with Crippen molar-refractivity contribution in [1.29, 1.82) is 0 Å². The van der Waals surface area contributed by atoms with Crippen molar-refractivity contribution in [3.63, 3.8) is 0 Å². The molecule has 3 rings (SSSR count). The first-order valence-electron chi connectivity index (χ1n) is 7.27. The van der Waals surface area contributed by atoms with Gasteiger partial charge in [-0.3, -0.25) is 0 Å². The second-order valence-corrected chi connectivity index (χ2v) is 5.83. The number of piperidine rings is 1. The number of anilines is 1. The van der Waals surface area contributed by atoms with Gasteiger partial charge >= 0.3 is 0 Å². The van der Waals surface area contributed by atoms with Crippen LogP contribution < -0.4 is 15.4 Å². The summed E-state index contributed by atoms with van der Waals surface area (Å²) in [6.45, 7) is 3.34. The molecule has 1 aliphatic heterocycles. The van der Waals surface area contributed by atoms with Gasteiger partial charge in [0.2, 0.25) is 0 Å². The van der Waals surface area contributed by atoms with Crippen LogP contribution >= 0.6 is 0 Å². The molecule has 0 bridgehead atoms. The monoisotopic (exact) mass is 270 g/mol. The SMILES string of the molecule is COc1ccccc1N1CC(C)CC2CC=C(N)C=C21. The van der Waals surface area contributed by atoms with E-state index in [-0.39, 0.29) is 0 Å². The molecule has 3 nitrogen and oxygen atoms in total. The van der Waals surface area contributed by atoms with E-state index in [1.165, 1.54) is 12.1 Å². The van der Waals surface area contributed by atoms with Crippen molar-refractivity contribution in [3.8, 4) is 5.75 Å². The van der Waals surface area contributed by atoms with E-state index in [2.05, 4.69) is 36.1 Å². The van der Waals surface area contributed by atoms with Crippen LogP contribution in [0.15, 0.2) is 47.8 Å². The number of para-hydroxylation sites is 2. The summed E-state index contributed by atoms with van der Waals surface area (Å²) >= 11 is 0. The summed E-state index contributed by atoms with van der Waals surface area (Å²) in [4.78, 5) is 2.39. The zero-order valence-electron chi connectivity index (χ0n) is 12.2. The molecule has 106 valence electrons. The Balaban J connectivity index is 2.03. The first-order chi connectivity index (χ1) is 9.69. The van der Waals surface area contributed by atoms with Crippen LogP contribution in [-0.2, 0) is 0 Å². The average molecular weight is 270 g/mol. The number of rotatable bonds is 2. The van der Waals surface area contributed by atoms with Crippen LogP contribution in [0.25, 0.3) is 0 Å². The predicted molar refractivity (Wildman–Crippen MR) is 82.6 cm³/mol. The second-order valence-electron chi connectivity index (χ2n) is 5.83. The second kappa shape index (κ2) is 5.23. The Morgan fingerprint density at radius 3 is 2.90 bits per heavy atom. The maximum Gasteiger partial charge on any atom is 0.142 e. The Labute approximate surface area is 120 Å². The standard InChI is InChI=1S/C17H22N2O/c1-12-9-13-7-8-14(18)10-16(13)19(11-12)15-5-3-4-6-17(15)20-2/h3-6,8,10,12-13H,7,9,11,18H2,1-2H3. The number of fused-ring (bicyclic) bond motifs is 1. The zero-order chi connectivity index (χ0) is 14.1. The van der Waals surface area contributed by atoms with Crippen molar-refractivity contribution in [1.82, 2.24) is 0 Å². The van der Waals surface area contributed by atoms with E-state index in [4.69, 9.17) is 10.5 Å². The first-order valence-corrected chi connectivity index (χ1v) is 7.27. The van der Waals surface area contributed by atoms with E-state index in [9.17, 15) is 0 Å². The molecule has 2 N–H and O–H groups in total. The molecular formula is C17H22N2O. The Morgan fingerprint density at radius 1 is 1.30 bits per heavy atom.